The van der Waals surface area contributed by atoms with Gasteiger partial charge in [-0.05, 0) is 0 Å². The second-order valence-electron chi connectivity index (χ2n) is 5.08. The van der Waals surface area contributed by atoms with Crippen LogP contribution in [0.1, 0.15) is 39.0 Å². The van der Waals surface area contributed by atoms with Gasteiger partial charge in [0.2, 0.25) is 0 Å². The van der Waals surface area contributed by atoms with Gasteiger partial charge < -0.3 is 0 Å². The van der Waals surface area contributed by atoms with Crippen LogP contribution in [0.3, 0.4) is 0 Å². The third kappa shape index (κ3) is 6.59. The van der Waals surface area contributed by atoms with Crippen molar-refractivity contribution in [1.82, 2.24) is 0 Å². The Morgan fingerprint density at radius 3 is 2.23 bits per heavy atom. The second-order valence-corrected chi connectivity index (χ2v) is 20.9. The minimum absolute atomic E-state index is 1.03. The van der Waals surface area contributed by atoms with E-state index in [0.29, 0.717) is 0 Å². The summed E-state index contributed by atoms with van der Waals surface area (Å²) in [6.45, 7) is 6.16. The summed E-state index contributed by atoms with van der Waals surface area (Å²) in [7, 11) is 0. The molecule has 0 saturated carbocycles. The van der Waals surface area contributed by atoms with Gasteiger partial charge in [-0.2, -0.15) is 0 Å². The van der Waals surface area contributed by atoms with E-state index in [2.05, 4.69) is 34.4 Å². The molecule has 78 valence electrons. The molecule has 0 heterocycles. The number of rotatable bonds is 7. The molecule has 0 aromatic rings. The van der Waals surface area contributed by atoms with Crippen molar-refractivity contribution in [1.29, 1.82) is 0 Å². The van der Waals surface area contributed by atoms with E-state index >= 15 is 0 Å². The first-order valence-electron chi connectivity index (χ1n) is 5.63. The van der Waals surface area contributed by atoms with Gasteiger partial charge in [0.15, 0.2) is 0 Å². The van der Waals surface area contributed by atoms with Crippen molar-refractivity contribution < 1.29 is 0 Å². The molecule has 1 unspecified atom stereocenters. The molecule has 0 aromatic carbocycles. The van der Waals surface area contributed by atoms with E-state index in [4.69, 9.17) is 0 Å². The molecule has 0 radical (unpaired) electrons. The van der Waals surface area contributed by atoms with Gasteiger partial charge in [-0.1, -0.05) is 0 Å². The van der Waals surface area contributed by atoms with E-state index < -0.39 is 18.4 Å². The standard InChI is InChI=1S/C9H17.3CH3.Sn/c1-3-5-7-9-8-6-4-2;;;;/h3,7H,1,4-6,8-9H2,2H3;3*1H3;. The fourth-order valence-electron chi connectivity index (χ4n) is 1.75. The first kappa shape index (κ1) is 13.5. The zero-order valence-electron chi connectivity index (χ0n) is 9.90. The SMILES string of the molecule is C=CC[CH](CCCCC)[Sn]([CH3])([CH3])[CH3]. The maximum absolute atomic E-state index is 3.88. The third-order valence-electron chi connectivity index (χ3n) is 2.83. The Balaban J connectivity index is 3.87. The van der Waals surface area contributed by atoms with Gasteiger partial charge in [-0.3, -0.25) is 0 Å². The van der Waals surface area contributed by atoms with Crippen molar-refractivity contribution in [3.8, 4) is 0 Å². The Morgan fingerprint density at radius 2 is 1.85 bits per heavy atom. The van der Waals surface area contributed by atoms with E-state index in [1.165, 1.54) is 32.1 Å². The zero-order valence-corrected chi connectivity index (χ0v) is 12.8. The van der Waals surface area contributed by atoms with Crippen LogP contribution in [-0.4, -0.2) is 18.4 Å². The monoisotopic (exact) mass is 290 g/mol. The summed E-state index contributed by atoms with van der Waals surface area (Å²) in [5.41, 5.74) is 0. The van der Waals surface area contributed by atoms with Crippen LogP contribution in [0.15, 0.2) is 12.7 Å². The average Bonchev–Trinajstić information content (AvgIpc) is 2.01. The Hall–Kier alpha value is 0.539. The molecule has 0 rings (SSSR count). The minimum atomic E-state index is -1.63. The van der Waals surface area contributed by atoms with Crippen molar-refractivity contribution in [2.75, 3.05) is 0 Å². The van der Waals surface area contributed by atoms with Crippen molar-refractivity contribution in [2.45, 2.75) is 57.8 Å². The van der Waals surface area contributed by atoms with Crippen LogP contribution in [0.2, 0.25) is 18.8 Å². The average molecular weight is 289 g/mol. The van der Waals surface area contributed by atoms with Crippen LogP contribution in [-0.2, 0) is 0 Å². The molecule has 0 N–H and O–H groups in total. The first-order valence-corrected chi connectivity index (χ1v) is 15.8. The molecule has 0 aliphatic rings. The van der Waals surface area contributed by atoms with Crippen molar-refractivity contribution in [3.05, 3.63) is 12.7 Å². The number of allylic oxidation sites excluding steroid dienone is 1. The molecule has 0 aromatic heterocycles. The van der Waals surface area contributed by atoms with Gasteiger partial charge in [-0.15, -0.1) is 0 Å². The number of hydrogen-bond acceptors (Lipinski definition) is 0. The normalized spacial score (nSPS) is 14.2. The Morgan fingerprint density at radius 1 is 1.23 bits per heavy atom. The van der Waals surface area contributed by atoms with E-state index in [9.17, 15) is 0 Å². The van der Waals surface area contributed by atoms with Gasteiger partial charge in [-0.25, -0.2) is 0 Å². The number of unbranched alkanes of at least 4 members (excludes halogenated alkanes) is 2. The summed E-state index contributed by atoms with van der Waals surface area (Å²) in [5, 5.41) is 0. The molecule has 0 bridgehead atoms. The third-order valence-corrected chi connectivity index (χ3v) is 11.3. The summed E-state index contributed by atoms with van der Waals surface area (Å²) >= 11 is -1.63. The molecule has 0 aliphatic carbocycles. The fourth-order valence-corrected chi connectivity index (χ4v) is 7.29. The predicted octanol–water partition coefficient (Wildman–Crippen LogP) is 4.85. The molecule has 0 spiro atoms. The molecule has 13 heavy (non-hydrogen) atoms. The maximum atomic E-state index is 3.88. The van der Waals surface area contributed by atoms with Gasteiger partial charge >= 0.3 is 88.8 Å². The zero-order chi connectivity index (χ0) is 10.3. The Bertz CT molecular complexity index is 133. The van der Waals surface area contributed by atoms with Crippen molar-refractivity contribution in [3.63, 3.8) is 0 Å². The molecule has 0 nitrogen and oxygen atoms in total. The predicted molar refractivity (Wildman–Crippen MR) is 66.1 cm³/mol. The summed E-state index contributed by atoms with van der Waals surface area (Å²) in [6.07, 6.45) is 9.04. The summed E-state index contributed by atoms with van der Waals surface area (Å²) in [5.74, 6) is 0. The molecule has 0 aliphatic heterocycles. The molecule has 1 heteroatoms. The van der Waals surface area contributed by atoms with E-state index in [0.717, 1.165) is 3.93 Å². The second kappa shape index (κ2) is 6.91. The topological polar surface area (TPSA) is 0 Å². The van der Waals surface area contributed by atoms with Crippen LogP contribution >= 0.6 is 0 Å². The summed E-state index contributed by atoms with van der Waals surface area (Å²) in [4.78, 5) is 7.65. The van der Waals surface area contributed by atoms with Crippen LogP contribution in [0.4, 0.5) is 0 Å². The number of hydrogen-bond donors (Lipinski definition) is 0. The molecule has 0 amide bonds. The molecule has 1 atom stereocenters. The van der Waals surface area contributed by atoms with E-state index in [1.54, 1.807) is 0 Å². The van der Waals surface area contributed by atoms with Gasteiger partial charge in [0.25, 0.3) is 0 Å². The molecular formula is C12H26Sn. The summed E-state index contributed by atoms with van der Waals surface area (Å²) < 4.78 is 1.03. The Labute approximate surface area is 88.7 Å². The van der Waals surface area contributed by atoms with Gasteiger partial charge in [0.1, 0.15) is 0 Å². The molecule has 0 saturated heterocycles. The molecule has 0 fully saturated rings. The first-order chi connectivity index (χ1) is 6.02. The van der Waals surface area contributed by atoms with Crippen LogP contribution in [0, 0.1) is 0 Å². The van der Waals surface area contributed by atoms with Gasteiger partial charge in [0, 0.05) is 0 Å². The van der Waals surface area contributed by atoms with Crippen LogP contribution in [0.25, 0.3) is 0 Å². The summed E-state index contributed by atoms with van der Waals surface area (Å²) in [6, 6.07) is 0. The van der Waals surface area contributed by atoms with E-state index in [-0.39, 0.29) is 0 Å². The quantitative estimate of drug-likeness (QED) is 0.357. The van der Waals surface area contributed by atoms with Gasteiger partial charge in [0.05, 0.1) is 0 Å². The van der Waals surface area contributed by atoms with Crippen LogP contribution in [0.5, 0.6) is 0 Å². The van der Waals surface area contributed by atoms with E-state index in [1.807, 2.05) is 0 Å². The fraction of sp³-hybridized carbons (Fsp3) is 0.833. The molecular weight excluding hydrogens is 263 g/mol. The Kier molecular flexibility index (Phi) is 7.20. The van der Waals surface area contributed by atoms with Crippen molar-refractivity contribution in [2.24, 2.45) is 0 Å². The van der Waals surface area contributed by atoms with Crippen LogP contribution < -0.4 is 0 Å². The van der Waals surface area contributed by atoms with Crippen molar-refractivity contribution >= 4 is 18.4 Å².